The molecule has 11 heavy (non-hydrogen) atoms. The maximum absolute atomic E-state index is 4.24. The third kappa shape index (κ3) is 2.01. The minimum atomic E-state index is 0.297. The van der Waals surface area contributed by atoms with Gasteiger partial charge < -0.3 is 5.32 Å². The Labute approximate surface area is 75.2 Å². The van der Waals surface area contributed by atoms with Crippen molar-refractivity contribution < 1.29 is 0 Å². The van der Waals surface area contributed by atoms with Gasteiger partial charge in [0, 0.05) is 16.7 Å². The van der Waals surface area contributed by atoms with Gasteiger partial charge in [-0.05, 0) is 42.0 Å². The van der Waals surface area contributed by atoms with E-state index >= 15 is 0 Å². The van der Waals surface area contributed by atoms with E-state index in [0.717, 1.165) is 10.2 Å². The number of nitrogens with one attached hydrogen (secondary N) is 1. The number of hydrogen-bond donors (Lipinski definition) is 1. The Bertz CT molecular complexity index is 237. The van der Waals surface area contributed by atoms with Crippen molar-refractivity contribution in [2.24, 2.45) is 0 Å². The normalized spacial score (nSPS) is 13.0. The zero-order chi connectivity index (χ0) is 8.27. The Kier molecular flexibility index (Phi) is 3.02. The van der Waals surface area contributed by atoms with E-state index in [1.165, 1.54) is 0 Å². The molecule has 0 spiro atoms. The van der Waals surface area contributed by atoms with E-state index in [4.69, 9.17) is 0 Å². The van der Waals surface area contributed by atoms with Crippen LogP contribution in [0.2, 0.25) is 0 Å². The van der Waals surface area contributed by atoms with Crippen LogP contribution in [0.3, 0.4) is 0 Å². The summed E-state index contributed by atoms with van der Waals surface area (Å²) in [6.07, 6.45) is 1.80. The van der Waals surface area contributed by atoms with Crippen molar-refractivity contribution in [2.45, 2.75) is 13.0 Å². The van der Waals surface area contributed by atoms with Crippen LogP contribution in [-0.4, -0.2) is 12.0 Å². The minimum absolute atomic E-state index is 0.297. The molecule has 0 fully saturated rings. The van der Waals surface area contributed by atoms with Crippen LogP contribution in [-0.2, 0) is 0 Å². The monoisotopic (exact) mass is 214 g/mol. The lowest BCUT2D eigenvalue weighted by Crippen LogP contribution is -2.14. The predicted octanol–water partition coefficient (Wildman–Crippen LogP) is 2.12. The second-order valence-electron chi connectivity index (χ2n) is 2.38. The summed E-state index contributed by atoms with van der Waals surface area (Å²) in [5, 5.41) is 3.13. The average Bonchev–Trinajstić information content (AvgIpc) is 2.04. The highest BCUT2D eigenvalue weighted by Crippen LogP contribution is 2.19. The van der Waals surface area contributed by atoms with Gasteiger partial charge in [0.05, 0.1) is 5.69 Å². The van der Waals surface area contributed by atoms with Gasteiger partial charge in [-0.15, -0.1) is 0 Å². The van der Waals surface area contributed by atoms with E-state index in [-0.39, 0.29) is 0 Å². The highest BCUT2D eigenvalue weighted by Gasteiger charge is 2.06. The summed E-state index contributed by atoms with van der Waals surface area (Å²) in [5.41, 5.74) is 1.05. The van der Waals surface area contributed by atoms with Crippen LogP contribution >= 0.6 is 15.9 Å². The molecular formula is C8H11BrN2. The van der Waals surface area contributed by atoms with Gasteiger partial charge in [-0.1, -0.05) is 0 Å². The first-order valence-electron chi connectivity index (χ1n) is 3.53. The van der Waals surface area contributed by atoms with Crippen LogP contribution in [0.4, 0.5) is 0 Å². The topological polar surface area (TPSA) is 24.9 Å². The van der Waals surface area contributed by atoms with Crippen molar-refractivity contribution in [3.8, 4) is 0 Å². The number of aromatic nitrogens is 1. The van der Waals surface area contributed by atoms with Gasteiger partial charge in [0.2, 0.25) is 0 Å². The van der Waals surface area contributed by atoms with Gasteiger partial charge >= 0.3 is 0 Å². The maximum Gasteiger partial charge on any atom is 0.0711 e. The lowest BCUT2D eigenvalue weighted by molar-refractivity contribution is 0.630. The zero-order valence-corrected chi connectivity index (χ0v) is 8.22. The Morgan fingerprint density at radius 2 is 2.36 bits per heavy atom. The first-order valence-corrected chi connectivity index (χ1v) is 4.32. The molecule has 0 saturated carbocycles. The summed E-state index contributed by atoms with van der Waals surface area (Å²) in [4.78, 5) is 4.24. The van der Waals surface area contributed by atoms with E-state index in [1.807, 2.05) is 19.2 Å². The highest BCUT2D eigenvalue weighted by atomic mass is 79.9. The average molecular weight is 215 g/mol. The van der Waals surface area contributed by atoms with Gasteiger partial charge in [-0.2, -0.15) is 0 Å². The number of rotatable bonds is 2. The highest BCUT2D eigenvalue weighted by molar-refractivity contribution is 9.10. The summed E-state index contributed by atoms with van der Waals surface area (Å²) in [7, 11) is 1.92. The van der Waals surface area contributed by atoms with Crippen LogP contribution < -0.4 is 5.32 Å². The molecule has 1 aromatic rings. The van der Waals surface area contributed by atoms with Gasteiger partial charge in [0.15, 0.2) is 0 Å². The van der Waals surface area contributed by atoms with Crippen molar-refractivity contribution in [3.63, 3.8) is 0 Å². The molecule has 3 heteroatoms. The van der Waals surface area contributed by atoms with E-state index in [0.29, 0.717) is 6.04 Å². The van der Waals surface area contributed by atoms with Crippen molar-refractivity contribution in [1.29, 1.82) is 0 Å². The molecule has 0 aliphatic carbocycles. The van der Waals surface area contributed by atoms with E-state index < -0.39 is 0 Å². The molecule has 1 aromatic heterocycles. The number of nitrogens with zero attached hydrogens (tertiary/aromatic N) is 1. The van der Waals surface area contributed by atoms with Gasteiger partial charge in [-0.3, -0.25) is 4.98 Å². The quantitative estimate of drug-likeness (QED) is 0.817. The SMILES string of the molecule is CNC(C)c1ncccc1Br. The largest absolute Gasteiger partial charge is 0.312 e. The molecule has 60 valence electrons. The van der Waals surface area contributed by atoms with Gasteiger partial charge in [0.25, 0.3) is 0 Å². The lowest BCUT2D eigenvalue weighted by atomic mass is 10.2. The number of hydrogen-bond acceptors (Lipinski definition) is 2. The Morgan fingerprint density at radius 1 is 1.64 bits per heavy atom. The van der Waals surface area contributed by atoms with Crippen LogP contribution in [0.15, 0.2) is 22.8 Å². The summed E-state index contributed by atoms with van der Waals surface area (Å²) in [5.74, 6) is 0. The summed E-state index contributed by atoms with van der Waals surface area (Å²) >= 11 is 3.44. The smallest absolute Gasteiger partial charge is 0.0711 e. The van der Waals surface area contributed by atoms with Crippen molar-refractivity contribution in [3.05, 3.63) is 28.5 Å². The number of halogens is 1. The van der Waals surface area contributed by atoms with Crippen LogP contribution in [0.1, 0.15) is 18.7 Å². The zero-order valence-electron chi connectivity index (χ0n) is 6.63. The Hall–Kier alpha value is -0.410. The Balaban J connectivity index is 2.93. The standard InChI is InChI=1S/C8H11BrN2/c1-6(10-2)8-7(9)4-3-5-11-8/h3-6,10H,1-2H3. The Morgan fingerprint density at radius 3 is 2.91 bits per heavy atom. The fourth-order valence-corrected chi connectivity index (χ4v) is 1.45. The molecule has 1 unspecified atom stereocenters. The van der Waals surface area contributed by atoms with Gasteiger partial charge in [-0.25, -0.2) is 0 Å². The molecule has 0 bridgehead atoms. The third-order valence-electron chi connectivity index (χ3n) is 1.63. The first kappa shape index (κ1) is 8.68. The van der Waals surface area contributed by atoms with Crippen LogP contribution in [0.25, 0.3) is 0 Å². The summed E-state index contributed by atoms with van der Waals surface area (Å²) in [6.45, 7) is 2.08. The number of pyridine rings is 1. The van der Waals surface area contributed by atoms with Crippen LogP contribution in [0, 0.1) is 0 Å². The van der Waals surface area contributed by atoms with E-state index in [1.54, 1.807) is 6.20 Å². The fourth-order valence-electron chi connectivity index (χ4n) is 0.853. The van der Waals surface area contributed by atoms with Gasteiger partial charge in [0.1, 0.15) is 0 Å². The molecule has 0 aromatic carbocycles. The molecule has 1 atom stereocenters. The molecule has 2 nitrogen and oxygen atoms in total. The molecule has 0 amide bonds. The molecule has 0 aliphatic rings. The fraction of sp³-hybridized carbons (Fsp3) is 0.375. The molecule has 0 aliphatic heterocycles. The second kappa shape index (κ2) is 3.83. The maximum atomic E-state index is 4.24. The molecule has 0 radical (unpaired) electrons. The minimum Gasteiger partial charge on any atom is -0.312 e. The first-order chi connectivity index (χ1) is 5.25. The molecule has 1 rings (SSSR count). The van der Waals surface area contributed by atoms with Crippen molar-refractivity contribution in [1.82, 2.24) is 10.3 Å². The molecular weight excluding hydrogens is 204 g/mol. The summed E-state index contributed by atoms with van der Waals surface area (Å²) in [6, 6.07) is 4.21. The second-order valence-corrected chi connectivity index (χ2v) is 3.24. The van der Waals surface area contributed by atoms with E-state index in [2.05, 4.69) is 33.2 Å². The molecule has 1 N–H and O–H groups in total. The van der Waals surface area contributed by atoms with Crippen molar-refractivity contribution in [2.75, 3.05) is 7.05 Å². The molecule has 0 saturated heterocycles. The predicted molar refractivity (Wildman–Crippen MR) is 49.4 cm³/mol. The van der Waals surface area contributed by atoms with Crippen molar-refractivity contribution >= 4 is 15.9 Å². The van der Waals surface area contributed by atoms with Crippen LogP contribution in [0.5, 0.6) is 0 Å². The third-order valence-corrected chi connectivity index (χ3v) is 2.30. The van der Waals surface area contributed by atoms with E-state index in [9.17, 15) is 0 Å². The summed E-state index contributed by atoms with van der Waals surface area (Å²) < 4.78 is 1.06. The molecule has 1 heterocycles. The lowest BCUT2D eigenvalue weighted by Gasteiger charge is -2.10.